The Morgan fingerprint density at radius 1 is 1.04 bits per heavy atom. The molecule has 0 aliphatic carbocycles. The van der Waals surface area contributed by atoms with E-state index in [4.69, 9.17) is 0 Å². The minimum Gasteiger partial charge on any atom is -0.338 e. The zero-order chi connectivity index (χ0) is 16.9. The molecular formula is C17H25N2O2S2+. The SMILES string of the molecule is CCN(CC)S(=O)(=O)c1ccc(C[NH2+]Cc2sccc2C)cc1. The molecule has 0 bridgehead atoms. The molecule has 0 amide bonds. The van der Waals surface area contributed by atoms with E-state index >= 15 is 0 Å². The van der Waals surface area contributed by atoms with E-state index in [2.05, 4.69) is 23.7 Å². The molecule has 0 fully saturated rings. The molecule has 0 aliphatic rings. The van der Waals surface area contributed by atoms with Gasteiger partial charge in [-0.25, -0.2) is 8.42 Å². The predicted octanol–water partition coefficient (Wildman–Crippen LogP) is 2.35. The molecule has 0 saturated heterocycles. The number of nitrogens with zero attached hydrogens (tertiary/aromatic N) is 1. The number of hydrogen-bond donors (Lipinski definition) is 1. The van der Waals surface area contributed by atoms with Crippen LogP contribution in [0.5, 0.6) is 0 Å². The fraction of sp³-hybridized carbons (Fsp3) is 0.412. The normalized spacial score (nSPS) is 12.0. The van der Waals surface area contributed by atoms with Crippen molar-refractivity contribution in [1.29, 1.82) is 0 Å². The first-order valence-corrected chi connectivity index (χ1v) is 10.2. The van der Waals surface area contributed by atoms with Crippen LogP contribution in [0.25, 0.3) is 0 Å². The number of sulfonamides is 1. The van der Waals surface area contributed by atoms with E-state index < -0.39 is 10.0 Å². The summed E-state index contributed by atoms with van der Waals surface area (Å²) in [6.45, 7) is 8.65. The lowest BCUT2D eigenvalue weighted by Gasteiger charge is -2.18. The van der Waals surface area contributed by atoms with Crippen molar-refractivity contribution in [1.82, 2.24) is 4.31 Å². The van der Waals surface area contributed by atoms with Crippen molar-refractivity contribution < 1.29 is 13.7 Å². The van der Waals surface area contributed by atoms with Gasteiger partial charge in [-0.1, -0.05) is 26.0 Å². The molecule has 2 N–H and O–H groups in total. The lowest BCUT2D eigenvalue weighted by Crippen LogP contribution is -2.80. The molecule has 2 aromatic rings. The highest BCUT2D eigenvalue weighted by Crippen LogP contribution is 2.16. The highest BCUT2D eigenvalue weighted by atomic mass is 32.2. The summed E-state index contributed by atoms with van der Waals surface area (Å²) in [5, 5.41) is 4.36. The largest absolute Gasteiger partial charge is 0.338 e. The third-order valence-electron chi connectivity index (χ3n) is 3.94. The van der Waals surface area contributed by atoms with Crippen LogP contribution in [0.15, 0.2) is 40.6 Å². The van der Waals surface area contributed by atoms with Crippen LogP contribution in [-0.4, -0.2) is 25.8 Å². The van der Waals surface area contributed by atoms with Gasteiger partial charge < -0.3 is 5.32 Å². The van der Waals surface area contributed by atoms with Gasteiger partial charge in [-0.2, -0.15) is 4.31 Å². The Balaban J connectivity index is 1.98. The van der Waals surface area contributed by atoms with Gasteiger partial charge in [0, 0.05) is 18.7 Å². The van der Waals surface area contributed by atoms with E-state index in [1.54, 1.807) is 23.5 Å². The van der Waals surface area contributed by atoms with Gasteiger partial charge in [0.05, 0.1) is 9.77 Å². The maximum absolute atomic E-state index is 12.4. The molecule has 1 heterocycles. The van der Waals surface area contributed by atoms with Crippen molar-refractivity contribution in [3.8, 4) is 0 Å². The van der Waals surface area contributed by atoms with Crippen molar-refractivity contribution in [2.75, 3.05) is 13.1 Å². The minimum absolute atomic E-state index is 0.374. The molecule has 0 unspecified atom stereocenters. The summed E-state index contributed by atoms with van der Waals surface area (Å²) in [6, 6.07) is 9.39. The topological polar surface area (TPSA) is 54.0 Å². The summed E-state index contributed by atoms with van der Waals surface area (Å²) in [7, 11) is -3.35. The summed E-state index contributed by atoms with van der Waals surface area (Å²) in [5.74, 6) is 0. The average molecular weight is 354 g/mol. The number of benzene rings is 1. The molecule has 0 saturated carbocycles. The predicted molar refractivity (Wildman–Crippen MR) is 94.9 cm³/mol. The smallest absolute Gasteiger partial charge is 0.243 e. The fourth-order valence-electron chi connectivity index (χ4n) is 2.49. The zero-order valence-corrected chi connectivity index (χ0v) is 15.6. The molecule has 2 rings (SSSR count). The minimum atomic E-state index is -3.35. The van der Waals surface area contributed by atoms with Crippen LogP contribution in [0.1, 0.15) is 29.9 Å². The van der Waals surface area contributed by atoms with E-state index in [1.807, 2.05) is 26.0 Å². The molecule has 23 heavy (non-hydrogen) atoms. The van der Waals surface area contributed by atoms with E-state index in [-0.39, 0.29) is 0 Å². The highest BCUT2D eigenvalue weighted by molar-refractivity contribution is 7.89. The van der Waals surface area contributed by atoms with Crippen molar-refractivity contribution >= 4 is 21.4 Å². The van der Waals surface area contributed by atoms with Gasteiger partial charge in [-0.05, 0) is 36.1 Å². The number of aryl methyl sites for hydroxylation is 1. The van der Waals surface area contributed by atoms with E-state index in [0.29, 0.717) is 18.0 Å². The van der Waals surface area contributed by atoms with Gasteiger partial charge >= 0.3 is 0 Å². The van der Waals surface area contributed by atoms with Gasteiger partial charge in [-0.15, -0.1) is 11.3 Å². The molecule has 0 atom stereocenters. The molecule has 0 aliphatic heterocycles. The van der Waals surface area contributed by atoms with Crippen LogP contribution in [0.2, 0.25) is 0 Å². The van der Waals surface area contributed by atoms with Gasteiger partial charge in [-0.3, -0.25) is 0 Å². The lowest BCUT2D eigenvalue weighted by atomic mass is 10.2. The quantitative estimate of drug-likeness (QED) is 0.792. The van der Waals surface area contributed by atoms with Crippen molar-refractivity contribution in [2.24, 2.45) is 0 Å². The summed E-state index contributed by atoms with van der Waals surface area (Å²) in [4.78, 5) is 1.77. The van der Waals surface area contributed by atoms with Crippen LogP contribution in [0.4, 0.5) is 0 Å². The number of quaternary nitrogens is 1. The maximum Gasteiger partial charge on any atom is 0.243 e. The Kier molecular flexibility index (Phi) is 6.35. The highest BCUT2D eigenvalue weighted by Gasteiger charge is 2.21. The molecule has 4 nitrogen and oxygen atoms in total. The molecule has 1 aromatic carbocycles. The molecule has 0 spiro atoms. The Hall–Kier alpha value is -1.21. The standard InChI is InChI=1S/C17H24N2O2S2/c1-4-19(5-2)23(20,21)16-8-6-15(7-9-16)12-18-13-17-14(3)10-11-22-17/h6-11,18H,4-5,12-13H2,1-3H3/p+1. The van der Waals surface area contributed by atoms with Crippen molar-refractivity contribution in [2.45, 2.75) is 38.8 Å². The second kappa shape index (κ2) is 8.06. The average Bonchev–Trinajstić information content (AvgIpc) is 2.94. The van der Waals surface area contributed by atoms with E-state index in [1.165, 1.54) is 14.7 Å². The molecular weight excluding hydrogens is 328 g/mol. The Morgan fingerprint density at radius 2 is 1.70 bits per heavy atom. The summed E-state index contributed by atoms with van der Waals surface area (Å²) in [5.41, 5.74) is 2.48. The van der Waals surface area contributed by atoms with E-state index in [0.717, 1.165) is 18.7 Å². The first-order chi connectivity index (χ1) is 11.0. The number of rotatable bonds is 8. The lowest BCUT2D eigenvalue weighted by molar-refractivity contribution is -0.685. The first kappa shape index (κ1) is 18.1. The molecule has 0 radical (unpaired) electrons. The second-order valence-electron chi connectivity index (χ2n) is 5.46. The Labute approximate surface area is 143 Å². The van der Waals surface area contributed by atoms with Crippen LogP contribution in [0.3, 0.4) is 0 Å². The Morgan fingerprint density at radius 3 is 2.22 bits per heavy atom. The second-order valence-corrected chi connectivity index (χ2v) is 8.40. The number of hydrogen-bond acceptors (Lipinski definition) is 3. The fourth-order valence-corrected chi connectivity index (χ4v) is 4.86. The third kappa shape index (κ3) is 4.41. The van der Waals surface area contributed by atoms with Crippen LogP contribution < -0.4 is 5.32 Å². The maximum atomic E-state index is 12.4. The van der Waals surface area contributed by atoms with E-state index in [9.17, 15) is 8.42 Å². The van der Waals surface area contributed by atoms with Gasteiger partial charge in [0.25, 0.3) is 0 Å². The van der Waals surface area contributed by atoms with Gasteiger partial charge in [0.2, 0.25) is 10.0 Å². The van der Waals surface area contributed by atoms with Crippen LogP contribution in [0, 0.1) is 6.92 Å². The summed E-state index contributed by atoms with van der Waals surface area (Å²) in [6.07, 6.45) is 0. The molecule has 1 aromatic heterocycles. The number of nitrogens with two attached hydrogens (primary N) is 1. The Bertz CT molecular complexity index is 717. The molecule has 126 valence electrons. The van der Waals surface area contributed by atoms with Crippen molar-refractivity contribution in [3.05, 3.63) is 51.7 Å². The number of thiophene rings is 1. The molecule has 6 heteroatoms. The third-order valence-corrected chi connectivity index (χ3v) is 7.05. The van der Waals surface area contributed by atoms with Gasteiger partial charge in [0.1, 0.15) is 13.1 Å². The monoisotopic (exact) mass is 353 g/mol. The summed E-state index contributed by atoms with van der Waals surface area (Å²) < 4.78 is 26.3. The van der Waals surface area contributed by atoms with Gasteiger partial charge in [0.15, 0.2) is 0 Å². The van der Waals surface area contributed by atoms with Crippen LogP contribution in [-0.2, 0) is 23.1 Å². The zero-order valence-electron chi connectivity index (χ0n) is 14.0. The first-order valence-electron chi connectivity index (χ1n) is 7.92. The summed E-state index contributed by atoms with van der Waals surface area (Å²) >= 11 is 1.78. The van der Waals surface area contributed by atoms with Crippen LogP contribution >= 0.6 is 11.3 Å². The van der Waals surface area contributed by atoms with Crippen molar-refractivity contribution in [3.63, 3.8) is 0 Å².